The highest BCUT2D eigenvalue weighted by Crippen LogP contribution is 2.40. The van der Waals surface area contributed by atoms with Gasteiger partial charge in [0, 0.05) is 11.3 Å². The molecule has 3 N–H and O–H groups in total. The van der Waals surface area contributed by atoms with Crippen LogP contribution in [0.3, 0.4) is 0 Å². The Labute approximate surface area is 182 Å². The Kier molecular flexibility index (Phi) is 5.43. The minimum Gasteiger partial charge on any atom is -0.497 e. The molecule has 2 aromatic heterocycles. The van der Waals surface area contributed by atoms with Crippen molar-refractivity contribution in [3.05, 3.63) is 76.4 Å². The summed E-state index contributed by atoms with van der Waals surface area (Å²) < 4.78 is 10.5. The molecule has 0 saturated carbocycles. The van der Waals surface area contributed by atoms with E-state index in [0.29, 0.717) is 27.8 Å². The molecule has 2 aromatic carbocycles. The van der Waals surface area contributed by atoms with E-state index in [9.17, 15) is 10.1 Å². The Morgan fingerprint density at radius 1 is 1.19 bits per heavy atom. The molecular formula is C23H18N4O3S. The highest BCUT2D eigenvalue weighted by Gasteiger charge is 2.28. The van der Waals surface area contributed by atoms with Crippen molar-refractivity contribution < 1.29 is 14.1 Å². The van der Waals surface area contributed by atoms with Gasteiger partial charge in [0.1, 0.15) is 38.7 Å². The number of aromatic nitrogens is 1. The number of hydrogen-bond acceptors (Lipinski definition) is 8. The maximum absolute atomic E-state index is 13.4. The largest absolute Gasteiger partial charge is 0.497 e. The molecule has 0 spiro atoms. The topological polar surface area (TPSA) is 114 Å². The number of carbonyl (C=O) groups excluding carboxylic acids is 1. The van der Waals surface area contributed by atoms with Crippen molar-refractivity contribution in [1.29, 1.82) is 5.26 Å². The number of aryl methyl sites for hydroxylation is 1. The van der Waals surface area contributed by atoms with E-state index in [0.717, 1.165) is 22.6 Å². The number of benzene rings is 2. The maximum Gasteiger partial charge on any atom is 0.211 e. The van der Waals surface area contributed by atoms with Crippen LogP contribution in [-0.2, 0) is 0 Å². The minimum absolute atomic E-state index is 0.133. The maximum atomic E-state index is 13.4. The molecule has 0 radical (unpaired) electrons. The third-order valence-corrected chi connectivity index (χ3v) is 5.87. The van der Waals surface area contributed by atoms with E-state index in [1.54, 1.807) is 26.2 Å². The first-order chi connectivity index (χ1) is 15.0. The van der Waals surface area contributed by atoms with Crippen molar-refractivity contribution in [3.63, 3.8) is 0 Å². The molecule has 0 atom stereocenters. The second kappa shape index (κ2) is 8.34. The molecule has 154 valence electrons. The number of nitrogens with zero attached hydrogens (tertiary/aromatic N) is 2. The third-order valence-electron chi connectivity index (χ3n) is 4.75. The lowest BCUT2D eigenvalue weighted by Gasteiger charge is -2.05. The fraction of sp³-hybridized carbons (Fsp3) is 0.0870. The van der Waals surface area contributed by atoms with Gasteiger partial charge in [-0.25, -0.2) is 0 Å². The fourth-order valence-electron chi connectivity index (χ4n) is 3.16. The minimum atomic E-state index is -0.334. The summed E-state index contributed by atoms with van der Waals surface area (Å²) in [5.41, 5.74) is 8.85. The zero-order valence-electron chi connectivity index (χ0n) is 16.8. The van der Waals surface area contributed by atoms with Crippen LogP contribution in [0.2, 0.25) is 0 Å². The van der Waals surface area contributed by atoms with Crippen LogP contribution in [0.4, 0.5) is 16.4 Å². The van der Waals surface area contributed by atoms with Gasteiger partial charge in [-0.1, -0.05) is 35.5 Å². The van der Waals surface area contributed by atoms with Crippen molar-refractivity contribution in [2.24, 2.45) is 0 Å². The summed E-state index contributed by atoms with van der Waals surface area (Å²) in [6.45, 7) is 1.68. The van der Waals surface area contributed by atoms with Crippen molar-refractivity contribution in [1.82, 2.24) is 5.16 Å². The van der Waals surface area contributed by atoms with Gasteiger partial charge in [-0.3, -0.25) is 4.79 Å². The number of nitrogens with one attached hydrogen (secondary N) is 1. The normalized spacial score (nSPS) is 10.5. The Balaban J connectivity index is 1.73. The Bertz CT molecular complexity index is 1290. The number of carbonyl (C=O) groups is 1. The van der Waals surface area contributed by atoms with Crippen LogP contribution in [0.5, 0.6) is 5.75 Å². The molecule has 31 heavy (non-hydrogen) atoms. The molecule has 2 heterocycles. The first kappa shape index (κ1) is 20.2. The molecule has 0 aliphatic carbocycles. The Morgan fingerprint density at radius 2 is 1.90 bits per heavy atom. The number of thiophene rings is 1. The van der Waals surface area contributed by atoms with Crippen LogP contribution in [0.25, 0.3) is 11.3 Å². The smallest absolute Gasteiger partial charge is 0.211 e. The summed E-state index contributed by atoms with van der Waals surface area (Å²) in [7, 11) is 1.59. The number of hydrogen-bond donors (Lipinski definition) is 2. The first-order valence-corrected chi connectivity index (χ1v) is 10.1. The van der Waals surface area contributed by atoms with E-state index >= 15 is 0 Å². The number of anilines is 3. The van der Waals surface area contributed by atoms with Gasteiger partial charge in [0.2, 0.25) is 5.78 Å². The number of nitrogen functional groups attached to an aromatic ring is 1. The lowest BCUT2D eigenvalue weighted by Crippen LogP contribution is -2.05. The summed E-state index contributed by atoms with van der Waals surface area (Å²) in [5, 5.41) is 17.4. The van der Waals surface area contributed by atoms with Gasteiger partial charge in [0.25, 0.3) is 0 Å². The zero-order chi connectivity index (χ0) is 22.0. The van der Waals surface area contributed by atoms with E-state index in [-0.39, 0.29) is 21.9 Å². The first-order valence-electron chi connectivity index (χ1n) is 9.33. The quantitative estimate of drug-likeness (QED) is 0.407. The molecule has 0 saturated heterocycles. The average molecular weight is 430 g/mol. The molecule has 0 bridgehead atoms. The fourth-order valence-corrected chi connectivity index (χ4v) is 4.20. The number of ether oxygens (including phenoxy) is 1. The SMILES string of the molecule is COc1ccc(Nc2sc(C(=O)c3c(-c4ccccc4)noc3C)c(N)c2C#N)cc1. The second-order valence-corrected chi connectivity index (χ2v) is 7.69. The van der Waals surface area contributed by atoms with Crippen molar-refractivity contribution in [2.75, 3.05) is 18.2 Å². The monoisotopic (exact) mass is 430 g/mol. The standard InChI is InChI=1S/C23H18N4O3S/c1-13-18(20(27-30-13)14-6-4-3-5-7-14)21(28)22-19(25)17(12-24)23(31-22)26-15-8-10-16(29-2)11-9-15/h3-11,26H,25H2,1-2H3. The van der Waals surface area contributed by atoms with Gasteiger partial charge in [0.05, 0.1) is 18.4 Å². The number of methoxy groups -OCH3 is 1. The van der Waals surface area contributed by atoms with E-state index in [1.807, 2.05) is 42.5 Å². The predicted octanol–water partition coefficient (Wildman–Crippen LogP) is 5.15. The van der Waals surface area contributed by atoms with Crippen LogP contribution in [0.15, 0.2) is 59.1 Å². The lowest BCUT2D eigenvalue weighted by molar-refractivity contribution is 0.104. The molecule has 7 nitrogen and oxygen atoms in total. The molecule has 0 amide bonds. The van der Waals surface area contributed by atoms with Crippen molar-refractivity contribution in [3.8, 4) is 23.1 Å². The zero-order valence-corrected chi connectivity index (χ0v) is 17.6. The number of rotatable bonds is 6. The highest BCUT2D eigenvalue weighted by molar-refractivity contribution is 7.19. The van der Waals surface area contributed by atoms with Crippen LogP contribution >= 0.6 is 11.3 Å². The molecule has 4 rings (SSSR count). The summed E-state index contributed by atoms with van der Waals surface area (Å²) in [6, 6.07) is 18.6. The van der Waals surface area contributed by atoms with E-state index < -0.39 is 0 Å². The molecular weight excluding hydrogens is 412 g/mol. The van der Waals surface area contributed by atoms with Gasteiger partial charge in [0.15, 0.2) is 0 Å². The van der Waals surface area contributed by atoms with Gasteiger partial charge >= 0.3 is 0 Å². The molecule has 0 aliphatic rings. The average Bonchev–Trinajstić information content (AvgIpc) is 3.33. The highest BCUT2D eigenvalue weighted by atomic mass is 32.1. The van der Waals surface area contributed by atoms with Gasteiger partial charge in [-0.05, 0) is 31.2 Å². The van der Waals surface area contributed by atoms with E-state index in [1.165, 1.54) is 0 Å². The molecule has 0 unspecified atom stereocenters. The second-order valence-electron chi connectivity index (χ2n) is 6.67. The van der Waals surface area contributed by atoms with Gasteiger partial charge < -0.3 is 20.3 Å². The predicted molar refractivity (Wildman–Crippen MR) is 120 cm³/mol. The third kappa shape index (κ3) is 3.74. The summed E-state index contributed by atoms with van der Waals surface area (Å²) >= 11 is 1.13. The van der Waals surface area contributed by atoms with E-state index in [2.05, 4.69) is 16.5 Å². The molecule has 4 aromatic rings. The lowest BCUT2D eigenvalue weighted by atomic mass is 10.0. The summed E-state index contributed by atoms with van der Waals surface area (Å²) in [5.74, 6) is 0.767. The van der Waals surface area contributed by atoms with Crippen molar-refractivity contribution >= 4 is 33.5 Å². The summed E-state index contributed by atoms with van der Waals surface area (Å²) in [6.07, 6.45) is 0. The molecule has 0 aliphatic heterocycles. The van der Waals surface area contributed by atoms with Crippen molar-refractivity contribution in [2.45, 2.75) is 6.92 Å². The number of nitrogens with two attached hydrogens (primary N) is 1. The Hall–Kier alpha value is -4.09. The molecule has 0 fully saturated rings. The van der Waals surface area contributed by atoms with E-state index in [4.69, 9.17) is 15.0 Å². The number of ketones is 1. The number of nitriles is 1. The molecule has 8 heteroatoms. The van der Waals surface area contributed by atoms with Gasteiger partial charge in [-0.2, -0.15) is 5.26 Å². The summed E-state index contributed by atoms with van der Waals surface area (Å²) in [4.78, 5) is 13.7. The van der Waals surface area contributed by atoms with Crippen LogP contribution in [-0.4, -0.2) is 18.0 Å². The van der Waals surface area contributed by atoms with Crippen LogP contribution in [0.1, 0.15) is 26.6 Å². The van der Waals surface area contributed by atoms with Crippen LogP contribution in [0, 0.1) is 18.3 Å². The van der Waals surface area contributed by atoms with Gasteiger partial charge in [-0.15, -0.1) is 11.3 Å². The Morgan fingerprint density at radius 3 is 2.55 bits per heavy atom. The van der Waals surface area contributed by atoms with Crippen LogP contribution < -0.4 is 15.8 Å².